The molecule has 1 atom stereocenters. The van der Waals surface area contributed by atoms with Gasteiger partial charge in [0.1, 0.15) is 5.00 Å². The second-order valence-corrected chi connectivity index (χ2v) is 7.49. The van der Waals surface area contributed by atoms with E-state index in [0.29, 0.717) is 20.6 Å². The highest BCUT2D eigenvalue weighted by Gasteiger charge is 2.19. The predicted molar refractivity (Wildman–Crippen MR) is 93.2 cm³/mol. The highest BCUT2D eigenvalue weighted by molar-refractivity contribution is 8.00. The maximum Gasteiger partial charge on any atom is 0.251 e. The van der Waals surface area contributed by atoms with E-state index in [-0.39, 0.29) is 5.91 Å². The van der Waals surface area contributed by atoms with Crippen molar-refractivity contribution in [1.29, 1.82) is 0 Å². The number of primary amides is 1. The van der Waals surface area contributed by atoms with E-state index >= 15 is 0 Å². The number of carbonyl (C=O) groups excluding carboxylic acids is 2. The minimum Gasteiger partial charge on any atom is -0.366 e. The van der Waals surface area contributed by atoms with Crippen molar-refractivity contribution in [2.75, 3.05) is 5.32 Å². The van der Waals surface area contributed by atoms with Crippen LogP contribution in [0.25, 0.3) is 0 Å². The Balaban J connectivity index is 2.08. The molecule has 22 heavy (non-hydrogen) atoms. The molecule has 0 spiro atoms. The molecule has 0 saturated carbocycles. The Morgan fingerprint density at radius 2 is 2.05 bits per heavy atom. The van der Waals surface area contributed by atoms with Crippen molar-refractivity contribution in [3.05, 3.63) is 45.3 Å². The number of carbonyl (C=O) groups is 2. The van der Waals surface area contributed by atoms with Crippen molar-refractivity contribution < 1.29 is 9.59 Å². The number of hydrogen-bond donors (Lipinski definition) is 2. The molecule has 0 radical (unpaired) electrons. The third kappa shape index (κ3) is 4.16. The van der Waals surface area contributed by atoms with Crippen molar-refractivity contribution in [3.63, 3.8) is 0 Å². The van der Waals surface area contributed by atoms with Gasteiger partial charge in [-0.25, -0.2) is 0 Å². The molecule has 1 heterocycles. The summed E-state index contributed by atoms with van der Waals surface area (Å²) >= 11 is 14.5. The molecule has 2 amide bonds. The van der Waals surface area contributed by atoms with Crippen molar-refractivity contribution >= 4 is 63.1 Å². The van der Waals surface area contributed by atoms with E-state index in [2.05, 4.69) is 5.32 Å². The summed E-state index contributed by atoms with van der Waals surface area (Å²) in [7, 11) is 0. The van der Waals surface area contributed by atoms with Crippen LogP contribution >= 0.6 is 46.3 Å². The summed E-state index contributed by atoms with van der Waals surface area (Å²) in [5.41, 5.74) is 5.55. The van der Waals surface area contributed by atoms with Gasteiger partial charge in [0.2, 0.25) is 5.91 Å². The van der Waals surface area contributed by atoms with Crippen LogP contribution in [0.2, 0.25) is 10.0 Å². The Labute approximate surface area is 146 Å². The van der Waals surface area contributed by atoms with Crippen LogP contribution in [0, 0.1) is 0 Å². The van der Waals surface area contributed by atoms with Crippen LogP contribution in [-0.2, 0) is 4.79 Å². The lowest BCUT2D eigenvalue weighted by Crippen LogP contribution is -2.23. The predicted octanol–water partition coefficient (Wildman–Crippen LogP) is 4.27. The van der Waals surface area contributed by atoms with Crippen LogP contribution in [0.3, 0.4) is 0 Å². The van der Waals surface area contributed by atoms with Gasteiger partial charge in [0.05, 0.1) is 15.8 Å². The Morgan fingerprint density at radius 3 is 2.73 bits per heavy atom. The van der Waals surface area contributed by atoms with Crippen LogP contribution in [0.15, 0.2) is 34.5 Å². The zero-order chi connectivity index (χ0) is 16.3. The van der Waals surface area contributed by atoms with Crippen LogP contribution in [0.4, 0.5) is 5.00 Å². The molecule has 0 aliphatic heterocycles. The lowest BCUT2D eigenvalue weighted by molar-refractivity contribution is -0.115. The van der Waals surface area contributed by atoms with E-state index in [0.717, 1.165) is 4.90 Å². The van der Waals surface area contributed by atoms with Gasteiger partial charge in [-0.3, -0.25) is 9.59 Å². The molecule has 4 nitrogen and oxygen atoms in total. The van der Waals surface area contributed by atoms with Crippen LogP contribution in [-0.4, -0.2) is 17.1 Å². The summed E-state index contributed by atoms with van der Waals surface area (Å²) in [5.74, 6) is -0.819. The van der Waals surface area contributed by atoms with Gasteiger partial charge in [0, 0.05) is 9.92 Å². The molecule has 0 fully saturated rings. The summed E-state index contributed by atoms with van der Waals surface area (Å²) in [6, 6.07) is 6.65. The molecular formula is C14H12Cl2N2O2S2. The topological polar surface area (TPSA) is 72.2 Å². The van der Waals surface area contributed by atoms with E-state index in [1.54, 1.807) is 36.6 Å². The van der Waals surface area contributed by atoms with Gasteiger partial charge in [0.25, 0.3) is 5.91 Å². The number of benzene rings is 1. The second kappa shape index (κ2) is 7.37. The fourth-order valence-electron chi connectivity index (χ4n) is 1.63. The summed E-state index contributed by atoms with van der Waals surface area (Å²) in [6.45, 7) is 1.74. The summed E-state index contributed by atoms with van der Waals surface area (Å²) in [6.07, 6.45) is 0. The molecule has 0 bridgehead atoms. The zero-order valence-corrected chi connectivity index (χ0v) is 14.6. The molecule has 3 N–H and O–H groups in total. The van der Waals surface area contributed by atoms with Crippen LogP contribution < -0.4 is 11.1 Å². The number of anilines is 1. The van der Waals surface area contributed by atoms with Crippen LogP contribution in [0.1, 0.15) is 17.3 Å². The average molecular weight is 375 g/mol. The Bertz CT molecular complexity index is 719. The molecule has 0 unspecified atom stereocenters. The molecule has 2 aromatic rings. The maximum atomic E-state index is 12.2. The minimum atomic E-state index is -0.574. The van der Waals surface area contributed by atoms with E-state index in [1.807, 2.05) is 0 Å². The molecule has 1 aromatic carbocycles. The van der Waals surface area contributed by atoms with Gasteiger partial charge in [0.15, 0.2) is 0 Å². The molecule has 8 heteroatoms. The quantitative estimate of drug-likeness (QED) is 0.767. The van der Waals surface area contributed by atoms with E-state index < -0.39 is 11.2 Å². The lowest BCUT2D eigenvalue weighted by atomic mass is 10.3. The van der Waals surface area contributed by atoms with Gasteiger partial charge in [-0.15, -0.1) is 23.1 Å². The van der Waals surface area contributed by atoms with Crippen molar-refractivity contribution in [1.82, 2.24) is 0 Å². The number of hydrogen-bond acceptors (Lipinski definition) is 4. The zero-order valence-electron chi connectivity index (χ0n) is 11.4. The molecule has 0 aliphatic rings. The Hall–Kier alpha value is -1.21. The number of halogens is 2. The van der Waals surface area contributed by atoms with Gasteiger partial charge in [-0.1, -0.05) is 23.2 Å². The van der Waals surface area contributed by atoms with E-state index in [9.17, 15) is 9.59 Å². The third-order valence-electron chi connectivity index (χ3n) is 2.73. The first-order valence-corrected chi connectivity index (χ1v) is 8.70. The maximum absolute atomic E-state index is 12.2. The molecule has 116 valence electrons. The second-order valence-electron chi connectivity index (χ2n) is 4.35. The number of thioether (sulfide) groups is 1. The van der Waals surface area contributed by atoms with Gasteiger partial charge < -0.3 is 11.1 Å². The number of nitrogens with one attached hydrogen (secondary N) is 1. The van der Waals surface area contributed by atoms with Gasteiger partial charge >= 0.3 is 0 Å². The van der Waals surface area contributed by atoms with Crippen molar-refractivity contribution in [2.45, 2.75) is 17.1 Å². The third-order valence-corrected chi connectivity index (χ3v) is 5.40. The highest BCUT2D eigenvalue weighted by atomic mass is 35.5. The Morgan fingerprint density at radius 1 is 1.32 bits per heavy atom. The van der Waals surface area contributed by atoms with Gasteiger partial charge in [-0.2, -0.15) is 0 Å². The SMILES string of the molecule is C[C@H](Sc1cc(Cl)ccc1Cl)C(=O)Nc1sccc1C(N)=O. The first-order chi connectivity index (χ1) is 10.4. The molecular weight excluding hydrogens is 363 g/mol. The number of amides is 2. The minimum absolute atomic E-state index is 0.244. The fraction of sp³-hybridized carbons (Fsp3) is 0.143. The number of nitrogens with two attached hydrogens (primary N) is 1. The first kappa shape index (κ1) is 17.1. The monoisotopic (exact) mass is 374 g/mol. The number of thiophene rings is 1. The lowest BCUT2D eigenvalue weighted by Gasteiger charge is -2.13. The molecule has 0 saturated heterocycles. The largest absolute Gasteiger partial charge is 0.366 e. The normalized spacial score (nSPS) is 12.0. The smallest absolute Gasteiger partial charge is 0.251 e. The first-order valence-electron chi connectivity index (χ1n) is 6.18. The van der Waals surface area contributed by atoms with Crippen molar-refractivity contribution in [3.8, 4) is 0 Å². The molecule has 2 rings (SSSR count). The standard InChI is InChI=1S/C14H12Cl2N2O2S2/c1-7(22-11-6-8(15)2-3-10(11)16)13(20)18-14-9(12(17)19)4-5-21-14/h2-7H,1H3,(H2,17,19)(H,18,20)/t7-/m0/s1. The van der Waals surface area contributed by atoms with Crippen LogP contribution in [0.5, 0.6) is 0 Å². The number of rotatable bonds is 5. The molecule has 1 aromatic heterocycles. The van der Waals surface area contributed by atoms with E-state index in [1.165, 1.54) is 23.1 Å². The Kier molecular flexibility index (Phi) is 5.74. The molecule has 0 aliphatic carbocycles. The van der Waals surface area contributed by atoms with E-state index in [4.69, 9.17) is 28.9 Å². The highest BCUT2D eigenvalue weighted by Crippen LogP contribution is 2.33. The average Bonchev–Trinajstić information content (AvgIpc) is 2.91. The van der Waals surface area contributed by atoms with Gasteiger partial charge in [-0.05, 0) is 36.6 Å². The fourth-order valence-corrected chi connectivity index (χ4v) is 3.83. The summed E-state index contributed by atoms with van der Waals surface area (Å²) < 4.78 is 0. The summed E-state index contributed by atoms with van der Waals surface area (Å²) in [4.78, 5) is 24.2. The van der Waals surface area contributed by atoms with Crippen molar-refractivity contribution in [2.24, 2.45) is 5.73 Å². The summed E-state index contributed by atoms with van der Waals surface area (Å²) in [5, 5.41) is 5.51.